The highest BCUT2D eigenvalue weighted by molar-refractivity contribution is 6.36. The summed E-state index contributed by atoms with van der Waals surface area (Å²) in [6, 6.07) is 9.04. The van der Waals surface area contributed by atoms with E-state index < -0.39 is 5.82 Å². The molecule has 2 nitrogen and oxygen atoms in total. The number of benzene rings is 2. The molecule has 0 saturated heterocycles. The second-order valence-corrected chi connectivity index (χ2v) is 5.32. The largest absolute Gasteiger partial charge is 0.487 e. The van der Waals surface area contributed by atoms with Crippen LogP contribution in [0.5, 0.6) is 5.75 Å². The van der Waals surface area contributed by atoms with Gasteiger partial charge in [0.1, 0.15) is 18.2 Å². The van der Waals surface area contributed by atoms with E-state index in [1.165, 1.54) is 24.3 Å². The minimum absolute atomic E-state index is 0.00585. The van der Waals surface area contributed by atoms with Crippen molar-refractivity contribution in [1.82, 2.24) is 0 Å². The van der Waals surface area contributed by atoms with Crippen LogP contribution >= 0.6 is 34.8 Å². The van der Waals surface area contributed by atoms with E-state index in [9.17, 15) is 4.39 Å². The van der Waals surface area contributed by atoms with Gasteiger partial charge in [-0.15, -0.1) is 11.6 Å². The summed E-state index contributed by atoms with van der Waals surface area (Å²) < 4.78 is 18.9. The lowest BCUT2D eigenvalue weighted by Crippen LogP contribution is -2.01. The number of nitriles is 1. The number of hydrogen-bond donors (Lipinski definition) is 0. The Morgan fingerprint density at radius 1 is 1.14 bits per heavy atom. The molecule has 0 unspecified atom stereocenters. The normalized spacial score (nSPS) is 10.2. The van der Waals surface area contributed by atoms with Crippen LogP contribution in [-0.4, -0.2) is 0 Å². The molecule has 0 atom stereocenters. The quantitative estimate of drug-likeness (QED) is 0.703. The van der Waals surface area contributed by atoms with Crippen molar-refractivity contribution in [3.63, 3.8) is 0 Å². The van der Waals surface area contributed by atoms with Crippen molar-refractivity contribution in [3.8, 4) is 11.8 Å². The molecule has 21 heavy (non-hydrogen) atoms. The van der Waals surface area contributed by atoms with E-state index in [0.717, 1.165) is 0 Å². The van der Waals surface area contributed by atoms with E-state index in [1.54, 1.807) is 6.07 Å². The van der Waals surface area contributed by atoms with E-state index in [0.29, 0.717) is 32.5 Å². The number of alkyl halides is 1. The fourth-order valence-corrected chi connectivity index (χ4v) is 2.60. The second-order valence-electron chi connectivity index (χ2n) is 4.21. The molecule has 0 aliphatic carbocycles. The van der Waals surface area contributed by atoms with E-state index in [1.807, 2.05) is 6.07 Å². The molecular formula is C15H9Cl3FNO. The summed E-state index contributed by atoms with van der Waals surface area (Å²) in [4.78, 5) is 0. The monoisotopic (exact) mass is 343 g/mol. The summed E-state index contributed by atoms with van der Waals surface area (Å²) in [5.41, 5.74) is 1.40. The Labute approximate surface area is 136 Å². The zero-order valence-electron chi connectivity index (χ0n) is 10.7. The highest BCUT2D eigenvalue weighted by Crippen LogP contribution is 2.34. The predicted molar refractivity (Wildman–Crippen MR) is 81.5 cm³/mol. The minimum Gasteiger partial charge on any atom is -0.487 e. The molecule has 0 saturated carbocycles. The summed E-state index contributed by atoms with van der Waals surface area (Å²) in [6.45, 7) is 0.00585. The second kappa shape index (κ2) is 7.00. The molecule has 0 aromatic heterocycles. The van der Waals surface area contributed by atoms with E-state index >= 15 is 0 Å². The van der Waals surface area contributed by atoms with Crippen LogP contribution in [0.1, 0.15) is 16.7 Å². The Hall–Kier alpha value is -1.47. The average molecular weight is 345 g/mol. The van der Waals surface area contributed by atoms with Crippen LogP contribution in [-0.2, 0) is 12.5 Å². The summed E-state index contributed by atoms with van der Waals surface area (Å²) in [5.74, 6) is 0.112. The van der Waals surface area contributed by atoms with Crippen molar-refractivity contribution >= 4 is 34.8 Å². The number of ether oxygens (including phenoxy) is 1. The van der Waals surface area contributed by atoms with Gasteiger partial charge >= 0.3 is 0 Å². The first-order chi connectivity index (χ1) is 10.0. The van der Waals surface area contributed by atoms with Crippen molar-refractivity contribution in [2.75, 3.05) is 0 Å². The molecule has 0 aliphatic rings. The van der Waals surface area contributed by atoms with Crippen LogP contribution in [0.3, 0.4) is 0 Å². The Morgan fingerprint density at radius 3 is 2.57 bits per heavy atom. The topological polar surface area (TPSA) is 33.0 Å². The molecule has 6 heteroatoms. The molecule has 0 bridgehead atoms. The first-order valence-electron chi connectivity index (χ1n) is 5.90. The van der Waals surface area contributed by atoms with Gasteiger partial charge in [0, 0.05) is 16.1 Å². The average Bonchev–Trinajstić information content (AvgIpc) is 2.45. The van der Waals surface area contributed by atoms with Crippen molar-refractivity contribution in [2.45, 2.75) is 12.5 Å². The fourth-order valence-electron chi connectivity index (χ4n) is 1.82. The predicted octanol–water partition coefficient (Wildman–Crippen LogP) is 5.32. The standard InChI is InChI=1S/C15H9Cl3FNO/c16-6-10-3-12(17)5-14(18)15(10)21-8-11-4-13(19)2-1-9(11)7-20/h1-5H,6,8H2. The molecule has 0 fully saturated rings. The molecule has 0 amide bonds. The van der Waals surface area contributed by atoms with Crippen molar-refractivity contribution in [2.24, 2.45) is 0 Å². The number of rotatable bonds is 4. The van der Waals surface area contributed by atoms with Gasteiger partial charge in [0.2, 0.25) is 0 Å². The van der Waals surface area contributed by atoms with Crippen LogP contribution in [0, 0.1) is 17.1 Å². The van der Waals surface area contributed by atoms with Gasteiger partial charge in [-0.3, -0.25) is 0 Å². The van der Waals surface area contributed by atoms with Crippen LogP contribution < -0.4 is 4.74 Å². The zero-order chi connectivity index (χ0) is 15.4. The summed E-state index contributed by atoms with van der Waals surface area (Å²) in [5, 5.41) is 9.77. The zero-order valence-corrected chi connectivity index (χ0v) is 12.9. The lowest BCUT2D eigenvalue weighted by molar-refractivity contribution is 0.303. The van der Waals surface area contributed by atoms with Crippen LogP contribution in [0.15, 0.2) is 30.3 Å². The highest BCUT2D eigenvalue weighted by atomic mass is 35.5. The number of halogens is 4. The lowest BCUT2D eigenvalue weighted by Gasteiger charge is -2.13. The highest BCUT2D eigenvalue weighted by Gasteiger charge is 2.12. The van der Waals surface area contributed by atoms with E-state index in [2.05, 4.69) is 0 Å². The smallest absolute Gasteiger partial charge is 0.142 e. The molecule has 0 N–H and O–H groups in total. The Morgan fingerprint density at radius 2 is 1.90 bits per heavy atom. The molecular weight excluding hydrogens is 336 g/mol. The number of hydrogen-bond acceptors (Lipinski definition) is 2. The molecule has 2 rings (SSSR count). The van der Waals surface area contributed by atoms with E-state index in [4.69, 9.17) is 44.8 Å². The molecule has 0 aliphatic heterocycles. The molecule has 0 heterocycles. The van der Waals surface area contributed by atoms with Gasteiger partial charge in [0.25, 0.3) is 0 Å². The molecule has 108 valence electrons. The van der Waals surface area contributed by atoms with Gasteiger partial charge in [-0.1, -0.05) is 23.2 Å². The number of nitrogens with zero attached hydrogens (tertiary/aromatic N) is 1. The Kier molecular flexibility index (Phi) is 5.30. The third kappa shape index (κ3) is 3.79. The maximum absolute atomic E-state index is 13.3. The minimum atomic E-state index is -0.438. The van der Waals surface area contributed by atoms with Crippen molar-refractivity contribution in [3.05, 3.63) is 62.9 Å². The van der Waals surface area contributed by atoms with Crippen LogP contribution in [0.25, 0.3) is 0 Å². The maximum atomic E-state index is 13.3. The van der Waals surface area contributed by atoms with Gasteiger partial charge in [0.05, 0.1) is 22.5 Å². The summed E-state index contributed by atoms with van der Waals surface area (Å²) >= 11 is 17.8. The lowest BCUT2D eigenvalue weighted by atomic mass is 10.1. The molecule has 0 spiro atoms. The fraction of sp³-hybridized carbons (Fsp3) is 0.133. The molecule has 0 radical (unpaired) electrons. The van der Waals surface area contributed by atoms with Gasteiger partial charge in [-0.05, 0) is 30.3 Å². The van der Waals surface area contributed by atoms with Gasteiger partial charge in [0.15, 0.2) is 0 Å². The Balaban J connectivity index is 2.29. The van der Waals surface area contributed by atoms with Crippen molar-refractivity contribution < 1.29 is 9.13 Å². The molecule has 2 aromatic carbocycles. The van der Waals surface area contributed by atoms with Crippen LogP contribution in [0.2, 0.25) is 10.0 Å². The van der Waals surface area contributed by atoms with Gasteiger partial charge in [-0.2, -0.15) is 5.26 Å². The summed E-state index contributed by atoms with van der Waals surface area (Å²) in [6.07, 6.45) is 0. The SMILES string of the molecule is N#Cc1ccc(F)cc1COc1c(Cl)cc(Cl)cc1CCl. The van der Waals surface area contributed by atoms with Gasteiger partial charge in [-0.25, -0.2) is 4.39 Å². The van der Waals surface area contributed by atoms with Gasteiger partial charge < -0.3 is 4.74 Å². The first-order valence-corrected chi connectivity index (χ1v) is 7.19. The first kappa shape index (κ1) is 15.9. The van der Waals surface area contributed by atoms with Crippen molar-refractivity contribution in [1.29, 1.82) is 5.26 Å². The third-order valence-corrected chi connectivity index (χ3v) is 3.58. The third-order valence-electron chi connectivity index (χ3n) is 2.79. The maximum Gasteiger partial charge on any atom is 0.142 e. The molecule has 2 aromatic rings. The van der Waals surface area contributed by atoms with E-state index in [-0.39, 0.29) is 12.5 Å². The Bertz CT molecular complexity index is 713. The van der Waals surface area contributed by atoms with Crippen LogP contribution in [0.4, 0.5) is 4.39 Å². The summed E-state index contributed by atoms with van der Waals surface area (Å²) in [7, 11) is 0.